The van der Waals surface area contributed by atoms with E-state index in [-0.39, 0.29) is 153 Å². The second-order valence-corrected chi connectivity index (χ2v) is 26.1. The molecule has 277 valence electrons. The Balaban J connectivity index is -0.0000000304. The van der Waals surface area contributed by atoms with E-state index in [1.54, 1.807) is 0 Å². The van der Waals surface area contributed by atoms with Gasteiger partial charge in [0.05, 0.1) is 34.0 Å². The molecule has 0 aromatic heterocycles. The summed E-state index contributed by atoms with van der Waals surface area (Å²) in [5.74, 6) is 0. The summed E-state index contributed by atoms with van der Waals surface area (Å²) in [6.07, 6.45) is 2.42. The summed E-state index contributed by atoms with van der Waals surface area (Å²) in [7, 11) is -0.334. The Kier molecular flexibility index (Phi) is 93.1. The van der Waals surface area contributed by atoms with Crippen LogP contribution >= 0.6 is 23.8 Å². The predicted molar refractivity (Wildman–Crippen MR) is 224 cm³/mol. The van der Waals surface area contributed by atoms with E-state index in [4.69, 9.17) is 0 Å². The normalized spacial score (nSPS) is 9.33. The van der Waals surface area contributed by atoms with Gasteiger partial charge in [-0.3, -0.25) is 0 Å². The fourth-order valence-electron chi connectivity index (χ4n) is 5.75. The van der Waals surface area contributed by atoms with Gasteiger partial charge in [0.1, 0.15) is 0 Å². The molecule has 0 N–H and O–H groups in total. The van der Waals surface area contributed by atoms with E-state index in [9.17, 15) is 0 Å². The second kappa shape index (κ2) is 50.6. The first kappa shape index (κ1) is 82.8. The molecule has 0 aliphatic carbocycles. The molecule has 0 spiro atoms. The van der Waals surface area contributed by atoms with Gasteiger partial charge >= 0.3 is 119 Å². The van der Waals surface area contributed by atoms with Crippen LogP contribution in [0.1, 0.15) is 118 Å². The summed E-state index contributed by atoms with van der Waals surface area (Å²) in [6.45, 7) is 39.9. The maximum absolute atomic E-state index is 2.90. The van der Waals surface area contributed by atoms with E-state index in [1.807, 2.05) is 30.3 Å². The van der Waals surface area contributed by atoms with Gasteiger partial charge in [0.2, 0.25) is 0 Å². The van der Waals surface area contributed by atoms with Gasteiger partial charge in [-0.15, -0.1) is 7.92 Å². The third-order valence-electron chi connectivity index (χ3n) is 6.41. The Morgan fingerprint density at radius 2 is 0.667 bits per heavy atom. The third-order valence-corrected chi connectivity index (χ3v) is 18.3. The van der Waals surface area contributed by atoms with Gasteiger partial charge in [0.25, 0.3) is 0 Å². The molecule has 3 radical (unpaired) electrons. The predicted octanol–water partition coefficient (Wildman–Crippen LogP) is 11.0. The van der Waals surface area contributed by atoms with Crippen LogP contribution < -0.4 is 4.46 Å². The molecule has 45 heavy (non-hydrogen) atoms. The topological polar surface area (TPSA) is 0 Å². The van der Waals surface area contributed by atoms with Gasteiger partial charge in [-0.25, -0.2) is 0 Å². The Labute approximate surface area is 369 Å². The fourth-order valence-corrected chi connectivity index (χ4v) is 16.8. The summed E-state index contributed by atoms with van der Waals surface area (Å²) in [5, 5.41) is 0. The molecule has 12 heteroatoms. The fraction of sp³-hybridized carbons (Fsp3) is 0.758. The minimum absolute atomic E-state index is 0. The maximum atomic E-state index is 2.90. The first-order valence-electron chi connectivity index (χ1n) is 14.5. The molecule has 0 bridgehead atoms. The molecule has 0 nitrogen and oxygen atoms in total. The van der Waals surface area contributed by atoms with Crippen molar-refractivity contribution in [2.75, 3.05) is 0 Å². The average Bonchev–Trinajstić information content (AvgIpc) is 2.67. The Bertz CT molecular complexity index is 549. The van der Waals surface area contributed by atoms with Crippen LogP contribution in [0.2, 0.25) is 0 Å². The van der Waals surface area contributed by atoms with E-state index < -0.39 is 0 Å². The van der Waals surface area contributed by atoms with E-state index >= 15 is 0 Å². The van der Waals surface area contributed by atoms with E-state index in [0.717, 1.165) is 45.3 Å². The number of benzene rings is 1. The molecule has 1 aromatic rings. The summed E-state index contributed by atoms with van der Waals surface area (Å²) in [5.41, 5.74) is 7.42. The molecule has 0 fully saturated rings. The summed E-state index contributed by atoms with van der Waals surface area (Å²) in [4.78, 5) is 0. The van der Waals surface area contributed by atoms with Gasteiger partial charge in [0, 0.05) is 27.2 Å². The molecule has 0 amide bonds. The van der Waals surface area contributed by atoms with Crippen LogP contribution in [-0.2, 0) is 122 Å². The first-order chi connectivity index (χ1) is 16.4. The van der Waals surface area contributed by atoms with Crippen molar-refractivity contribution in [1.29, 1.82) is 0 Å². The molecule has 0 saturated heterocycles. The van der Waals surface area contributed by atoms with Crippen LogP contribution in [0.4, 0.5) is 0 Å². The van der Waals surface area contributed by atoms with Crippen LogP contribution in [0.15, 0.2) is 30.3 Å². The number of hydrogen-bond donors (Lipinski definition) is 0. The van der Waals surface area contributed by atoms with Gasteiger partial charge in [-0.05, 0) is 111 Å². The Hall–Kier alpha value is 4.51. The molecular formula is C33H71Fe4P3S4Se+3. The minimum atomic E-state index is -0.143. The van der Waals surface area contributed by atoms with Crippen molar-refractivity contribution in [2.45, 2.75) is 163 Å². The molecule has 1 aromatic carbocycles. The number of rotatable bonds is 9. The van der Waals surface area contributed by atoms with E-state index in [2.05, 4.69) is 140 Å². The summed E-state index contributed by atoms with van der Waals surface area (Å²) < 4.78 is 1.20. The average molecular weight is 991 g/mol. The van der Waals surface area contributed by atoms with Gasteiger partial charge < -0.3 is 61.4 Å². The van der Waals surface area contributed by atoms with Crippen molar-refractivity contribution in [1.82, 2.24) is 0 Å². The van der Waals surface area contributed by atoms with Crippen molar-refractivity contribution in [3.05, 3.63) is 43.9 Å². The van der Waals surface area contributed by atoms with Crippen LogP contribution in [0.5, 0.6) is 0 Å². The van der Waals surface area contributed by atoms with Crippen LogP contribution in [0.3, 0.4) is 0 Å². The molecule has 0 unspecified atom stereocenters. The van der Waals surface area contributed by atoms with Crippen molar-refractivity contribution in [3.63, 3.8) is 0 Å². The quantitative estimate of drug-likeness (QED) is 0.131. The van der Waals surface area contributed by atoms with Crippen LogP contribution in [0.25, 0.3) is 0 Å². The SMILES string of the molecule is CC(C)[PH+](C(C)C)C(C)C.CC(C)[PH+](C(C)C)C(C)C.C[CH-][PH+](C(C)C)C(C)C.[CH3-].[Fe+2].[Fe+3].[Fe+3].[Fe+3].[S-2].[S-2].[S-2].[S-2].[Se-]c1ccccc1. The van der Waals surface area contributed by atoms with Crippen molar-refractivity contribution >= 4 is 98.2 Å². The second-order valence-electron chi connectivity index (χ2n) is 12.3. The first-order valence-corrected chi connectivity index (χ1v) is 20.6. The zero-order valence-electron chi connectivity index (χ0n) is 31.5. The molecule has 0 aliphatic heterocycles. The molecule has 0 atom stereocenters. The van der Waals surface area contributed by atoms with Crippen LogP contribution in [-0.4, -0.2) is 61.3 Å². The van der Waals surface area contributed by atoms with Gasteiger partial charge in [0.15, 0.2) is 0 Å². The Morgan fingerprint density at radius 3 is 0.711 bits per heavy atom. The molecular weight excluding hydrogens is 920 g/mol. The standard InChI is InChI=1S/2C9H21P.C8H19P.C6H6Se.CH3.4Fe.4S/c2*1-7(2)10(8(3)4)9(5)6;1-6-9(7(2)3)8(4)5;7-6-4-2-1-3-5-6;;;;;;;;;/h2*7-9H,1-6H3;6-9H,1-5H3;1-5,7H;1H3;;;;;;;;/q;;;;-1;+2;3*+3;4*-2/p+1. The van der Waals surface area contributed by atoms with Crippen LogP contribution in [0, 0.1) is 13.6 Å². The van der Waals surface area contributed by atoms with Crippen molar-refractivity contribution in [2.24, 2.45) is 0 Å². The molecule has 0 aliphatic rings. The van der Waals surface area contributed by atoms with E-state index in [0.29, 0.717) is 0 Å². The Morgan fingerprint density at radius 1 is 0.467 bits per heavy atom. The van der Waals surface area contributed by atoms with E-state index in [1.165, 1.54) is 4.46 Å². The monoisotopic (exact) mass is 992 g/mol. The number of hydrogen-bond acceptors (Lipinski definition) is 0. The molecule has 0 saturated carbocycles. The van der Waals surface area contributed by atoms with Gasteiger partial charge in [-0.1, -0.05) is 0 Å². The van der Waals surface area contributed by atoms with Gasteiger partial charge in [-0.2, -0.15) is 13.1 Å². The zero-order chi connectivity index (χ0) is 29.2. The van der Waals surface area contributed by atoms with Crippen molar-refractivity contribution < 1.29 is 68.3 Å². The van der Waals surface area contributed by atoms with Crippen molar-refractivity contribution in [3.8, 4) is 0 Å². The molecule has 1 rings (SSSR count). The summed E-state index contributed by atoms with van der Waals surface area (Å²) >= 11 is 2.90. The summed E-state index contributed by atoms with van der Waals surface area (Å²) in [6, 6.07) is 10.1. The molecule has 0 heterocycles. The zero-order valence-corrected chi connectivity index (χ0v) is 43.9. The third kappa shape index (κ3) is 48.5.